The molecule has 0 aromatic heterocycles. The molecule has 1 amide bonds. The summed E-state index contributed by atoms with van der Waals surface area (Å²) in [5, 5.41) is 0. The van der Waals surface area contributed by atoms with Crippen molar-refractivity contribution >= 4 is 5.91 Å². The first-order valence-corrected chi connectivity index (χ1v) is 6.57. The van der Waals surface area contributed by atoms with Gasteiger partial charge in [-0.2, -0.15) is 0 Å². The van der Waals surface area contributed by atoms with Gasteiger partial charge in [0.2, 0.25) is 5.91 Å². The maximum Gasteiger partial charge on any atom is 0.227 e. The summed E-state index contributed by atoms with van der Waals surface area (Å²) in [5.41, 5.74) is 1.83. The van der Waals surface area contributed by atoms with Gasteiger partial charge in [-0.15, -0.1) is 0 Å². The lowest BCUT2D eigenvalue weighted by Crippen LogP contribution is -2.31. The van der Waals surface area contributed by atoms with Gasteiger partial charge in [0, 0.05) is 24.2 Å². The summed E-state index contributed by atoms with van der Waals surface area (Å²) < 4.78 is 10.7. The van der Waals surface area contributed by atoms with Crippen LogP contribution < -0.4 is 9.47 Å². The van der Waals surface area contributed by atoms with Crippen LogP contribution in [0.1, 0.15) is 25.0 Å². The monoisotopic (exact) mass is 265 g/mol. The number of likely N-dealkylation sites (N-methyl/N-ethyl adjacent to an activating group) is 1. The van der Waals surface area contributed by atoms with Gasteiger partial charge in [0.25, 0.3) is 0 Å². The Kier molecular flexibility index (Phi) is 5.67. The van der Waals surface area contributed by atoms with E-state index in [1.165, 1.54) is 0 Å². The highest BCUT2D eigenvalue weighted by Gasteiger charge is 2.16. The van der Waals surface area contributed by atoms with Gasteiger partial charge in [-0.3, -0.25) is 4.79 Å². The van der Waals surface area contributed by atoms with Crippen LogP contribution in [-0.4, -0.2) is 38.1 Å². The van der Waals surface area contributed by atoms with Crippen molar-refractivity contribution in [3.8, 4) is 11.5 Å². The second-order valence-electron chi connectivity index (χ2n) is 4.33. The highest BCUT2D eigenvalue weighted by atomic mass is 16.5. The minimum atomic E-state index is 0.118. The summed E-state index contributed by atoms with van der Waals surface area (Å²) in [7, 11) is 3.25. The highest BCUT2D eigenvalue weighted by Crippen LogP contribution is 2.31. The van der Waals surface area contributed by atoms with Crippen LogP contribution in [0.2, 0.25) is 0 Å². The van der Waals surface area contributed by atoms with Crippen LogP contribution in [-0.2, 0) is 11.2 Å². The number of benzene rings is 1. The molecule has 1 rings (SSSR count). The van der Waals surface area contributed by atoms with Crippen molar-refractivity contribution in [3.63, 3.8) is 0 Å². The van der Waals surface area contributed by atoms with Crippen LogP contribution in [0.25, 0.3) is 0 Å². The Morgan fingerprint density at radius 3 is 2.26 bits per heavy atom. The number of ether oxygens (including phenoxy) is 2. The van der Waals surface area contributed by atoms with Crippen LogP contribution in [0.15, 0.2) is 12.1 Å². The number of carbonyl (C=O) groups excluding carboxylic acids is 1. The number of carbonyl (C=O) groups is 1. The molecule has 0 spiro atoms. The van der Waals surface area contributed by atoms with Gasteiger partial charge in [0.05, 0.1) is 20.6 Å². The van der Waals surface area contributed by atoms with Crippen molar-refractivity contribution in [3.05, 3.63) is 23.3 Å². The van der Waals surface area contributed by atoms with E-state index in [2.05, 4.69) is 0 Å². The smallest absolute Gasteiger partial charge is 0.227 e. The number of amides is 1. The molecule has 0 aliphatic carbocycles. The molecule has 19 heavy (non-hydrogen) atoms. The molecule has 0 radical (unpaired) electrons. The third-order valence-electron chi connectivity index (χ3n) is 3.32. The molecule has 0 fully saturated rings. The molecule has 4 heteroatoms. The average Bonchev–Trinajstić information content (AvgIpc) is 2.40. The Hall–Kier alpha value is -1.71. The fourth-order valence-electron chi connectivity index (χ4n) is 2.23. The van der Waals surface area contributed by atoms with Gasteiger partial charge in [-0.25, -0.2) is 0 Å². The van der Waals surface area contributed by atoms with Crippen molar-refractivity contribution in [1.29, 1.82) is 0 Å². The third-order valence-corrected chi connectivity index (χ3v) is 3.32. The molecule has 0 aliphatic rings. The van der Waals surface area contributed by atoms with Gasteiger partial charge < -0.3 is 14.4 Å². The molecule has 0 aliphatic heterocycles. The normalized spacial score (nSPS) is 10.2. The second kappa shape index (κ2) is 7.02. The molecule has 0 heterocycles. The van der Waals surface area contributed by atoms with E-state index >= 15 is 0 Å². The quantitative estimate of drug-likeness (QED) is 0.793. The van der Waals surface area contributed by atoms with Crippen molar-refractivity contribution < 1.29 is 14.3 Å². The third kappa shape index (κ3) is 3.40. The molecule has 0 atom stereocenters. The predicted octanol–water partition coefficient (Wildman–Crippen LogP) is 2.42. The van der Waals surface area contributed by atoms with Crippen molar-refractivity contribution in [2.24, 2.45) is 0 Å². The molecule has 4 nitrogen and oxygen atoms in total. The summed E-state index contributed by atoms with van der Waals surface area (Å²) in [6.07, 6.45) is 0.357. The average molecular weight is 265 g/mol. The van der Waals surface area contributed by atoms with Crippen LogP contribution in [0.3, 0.4) is 0 Å². The van der Waals surface area contributed by atoms with Crippen LogP contribution in [0.4, 0.5) is 0 Å². The zero-order chi connectivity index (χ0) is 14.4. The molecule has 106 valence electrons. The molecular formula is C15H23NO3. The summed E-state index contributed by atoms with van der Waals surface area (Å²) in [6.45, 7) is 7.36. The van der Waals surface area contributed by atoms with Crippen molar-refractivity contribution in [1.82, 2.24) is 4.90 Å². The van der Waals surface area contributed by atoms with Gasteiger partial charge in [0.1, 0.15) is 11.5 Å². The lowest BCUT2D eigenvalue weighted by molar-refractivity contribution is -0.130. The first kappa shape index (κ1) is 15.3. The minimum absolute atomic E-state index is 0.118. The number of hydrogen-bond donors (Lipinski definition) is 0. The van der Waals surface area contributed by atoms with Gasteiger partial charge in [0.15, 0.2) is 0 Å². The van der Waals surface area contributed by atoms with E-state index in [4.69, 9.17) is 9.47 Å². The Morgan fingerprint density at radius 1 is 1.16 bits per heavy atom. The number of rotatable bonds is 6. The predicted molar refractivity (Wildman–Crippen MR) is 75.9 cm³/mol. The zero-order valence-electron chi connectivity index (χ0n) is 12.4. The molecule has 0 unspecified atom stereocenters. The van der Waals surface area contributed by atoms with Crippen molar-refractivity contribution in [2.75, 3.05) is 27.3 Å². The molecule has 0 N–H and O–H groups in total. The Morgan fingerprint density at radius 2 is 1.79 bits per heavy atom. The van der Waals surface area contributed by atoms with E-state index in [0.29, 0.717) is 6.42 Å². The molecular weight excluding hydrogens is 242 g/mol. The van der Waals surface area contributed by atoms with Gasteiger partial charge in [-0.1, -0.05) is 6.07 Å². The van der Waals surface area contributed by atoms with Crippen molar-refractivity contribution in [2.45, 2.75) is 27.2 Å². The number of methoxy groups -OCH3 is 2. The van der Waals surface area contributed by atoms with E-state index in [0.717, 1.165) is 35.7 Å². The number of hydrogen-bond acceptors (Lipinski definition) is 3. The standard InChI is InChI=1S/C15H23NO3/c1-6-16(7-2)14(17)10-12-8-9-13(18-4)11(3)15(12)19-5/h8-9H,6-7,10H2,1-5H3. The molecule has 1 aromatic carbocycles. The molecule has 0 saturated carbocycles. The lowest BCUT2D eigenvalue weighted by Gasteiger charge is -2.20. The summed E-state index contributed by atoms with van der Waals surface area (Å²) in [6, 6.07) is 3.77. The first-order chi connectivity index (χ1) is 9.08. The van der Waals surface area contributed by atoms with Crippen LogP contribution in [0.5, 0.6) is 11.5 Å². The molecule has 0 saturated heterocycles. The molecule has 0 bridgehead atoms. The Bertz CT molecular complexity index is 439. The fraction of sp³-hybridized carbons (Fsp3) is 0.533. The van der Waals surface area contributed by atoms with E-state index in [-0.39, 0.29) is 5.91 Å². The van der Waals surface area contributed by atoms with E-state index in [1.807, 2.05) is 37.8 Å². The largest absolute Gasteiger partial charge is 0.496 e. The van der Waals surface area contributed by atoms with E-state index in [1.54, 1.807) is 14.2 Å². The topological polar surface area (TPSA) is 38.8 Å². The second-order valence-corrected chi connectivity index (χ2v) is 4.33. The minimum Gasteiger partial charge on any atom is -0.496 e. The summed E-state index contributed by atoms with van der Waals surface area (Å²) in [5.74, 6) is 1.63. The summed E-state index contributed by atoms with van der Waals surface area (Å²) in [4.78, 5) is 14.0. The van der Waals surface area contributed by atoms with E-state index < -0.39 is 0 Å². The SMILES string of the molecule is CCN(CC)C(=O)Cc1ccc(OC)c(C)c1OC. The lowest BCUT2D eigenvalue weighted by atomic mass is 10.0. The fourth-order valence-corrected chi connectivity index (χ4v) is 2.23. The Balaban J connectivity index is 3.01. The maximum absolute atomic E-state index is 12.1. The first-order valence-electron chi connectivity index (χ1n) is 6.57. The van der Waals surface area contributed by atoms with Gasteiger partial charge >= 0.3 is 0 Å². The molecule has 1 aromatic rings. The van der Waals surface area contributed by atoms with Crippen LogP contribution in [0, 0.1) is 6.92 Å². The van der Waals surface area contributed by atoms with Crippen LogP contribution >= 0.6 is 0 Å². The number of nitrogens with zero attached hydrogens (tertiary/aromatic N) is 1. The van der Waals surface area contributed by atoms with E-state index in [9.17, 15) is 4.79 Å². The maximum atomic E-state index is 12.1. The van der Waals surface area contributed by atoms with Gasteiger partial charge in [-0.05, 0) is 26.8 Å². The zero-order valence-corrected chi connectivity index (χ0v) is 12.4. The highest BCUT2D eigenvalue weighted by molar-refractivity contribution is 5.79. The summed E-state index contributed by atoms with van der Waals surface area (Å²) >= 11 is 0. The Labute approximate surface area is 115 Å².